The third kappa shape index (κ3) is 2.56. The number of hydrogen-bond acceptors (Lipinski definition) is 2. The highest BCUT2D eigenvalue weighted by Crippen LogP contribution is 2.34. The van der Waals surface area contributed by atoms with Gasteiger partial charge in [-0.25, -0.2) is 0 Å². The summed E-state index contributed by atoms with van der Waals surface area (Å²) in [4.78, 5) is 18.4. The number of nitrogens with zero attached hydrogens (tertiary/aromatic N) is 1. The molecule has 0 fully saturated rings. The standard InChI is InChI=1S/C20H16Cl2N2O2/c21-12-2-4-18-11(7-12)8-19(26-18)20(25)24-6-5-17-15(10-24)14-9-13(22)1-3-16(14)23-17/h1-4,7,9,19,23H,5-6,8,10H2. The van der Waals surface area contributed by atoms with E-state index in [4.69, 9.17) is 27.9 Å². The number of rotatable bonds is 1. The lowest BCUT2D eigenvalue weighted by molar-refractivity contribution is -0.138. The number of aromatic nitrogens is 1. The van der Waals surface area contributed by atoms with Gasteiger partial charge in [0.2, 0.25) is 0 Å². The molecule has 3 heterocycles. The van der Waals surface area contributed by atoms with Crippen LogP contribution in [0.1, 0.15) is 16.8 Å². The van der Waals surface area contributed by atoms with Crippen LogP contribution in [0.4, 0.5) is 0 Å². The fraction of sp³-hybridized carbons (Fsp3) is 0.250. The van der Waals surface area contributed by atoms with Gasteiger partial charge in [-0.15, -0.1) is 0 Å². The molecule has 0 saturated carbocycles. The van der Waals surface area contributed by atoms with E-state index in [0.717, 1.165) is 34.2 Å². The van der Waals surface area contributed by atoms with E-state index in [1.165, 1.54) is 5.69 Å². The molecule has 5 rings (SSSR count). The second-order valence-electron chi connectivity index (χ2n) is 6.84. The van der Waals surface area contributed by atoms with E-state index in [9.17, 15) is 4.79 Å². The minimum Gasteiger partial charge on any atom is -0.480 e. The first-order valence-corrected chi connectivity index (χ1v) is 9.37. The molecule has 4 nitrogen and oxygen atoms in total. The molecule has 2 aromatic carbocycles. The molecule has 0 bridgehead atoms. The van der Waals surface area contributed by atoms with Gasteiger partial charge in [0.15, 0.2) is 6.10 Å². The summed E-state index contributed by atoms with van der Waals surface area (Å²) in [6, 6.07) is 11.3. The van der Waals surface area contributed by atoms with Crippen LogP contribution >= 0.6 is 23.2 Å². The number of benzene rings is 2. The van der Waals surface area contributed by atoms with Crippen LogP contribution in [-0.4, -0.2) is 28.4 Å². The Morgan fingerprint density at radius 3 is 2.85 bits per heavy atom. The zero-order valence-corrected chi connectivity index (χ0v) is 15.4. The van der Waals surface area contributed by atoms with Gasteiger partial charge in [0.1, 0.15) is 5.75 Å². The predicted molar refractivity (Wildman–Crippen MR) is 102 cm³/mol. The zero-order chi connectivity index (χ0) is 17.8. The van der Waals surface area contributed by atoms with Crippen molar-refractivity contribution in [3.63, 3.8) is 0 Å². The quantitative estimate of drug-likeness (QED) is 0.674. The maximum atomic E-state index is 13.0. The van der Waals surface area contributed by atoms with E-state index < -0.39 is 6.10 Å². The Kier molecular flexibility index (Phi) is 3.66. The van der Waals surface area contributed by atoms with Crippen LogP contribution in [0.2, 0.25) is 10.0 Å². The fourth-order valence-corrected chi connectivity index (χ4v) is 4.30. The number of aromatic amines is 1. The zero-order valence-electron chi connectivity index (χ0n) is 13.9. The maximum absolute atomic E-state index is 13.0. The second-order valence-corrected chi connectivity index (χ2v) is 7.72. The number of hydrogen-bond donors (Lipinski definition) is 1. The Bertz CT molecular complexity index is 1040. The Labute approximate surface area is 160 Å². The highest BCUT2D eigenvalue weighted by molar-refractivity contribution is 6.31. The lowest BCUT2D eigenvalue weighted by Crippen LogP contribution is -2.43. The van der Waals surface area contributed by atoms with Gasteiger partial charge in [0.25, 0.3) is 5.91 Å². The molecule has 0 aliphatic carbocycles. The number of halogens is 2. The van der Waals surface area contributed by atoms with Crippen LogP contribution in [0, 0.1) is 0 Å². The van der Waals surface area contributed by atoms with Crippen LogP contribution in [0.25, 0.3) is 10.9 Å². The highest BCUT2D eigenvalue weighted by Gasteiger charge is 2.34. The number of fused-ring (bicyclic) bond motifs is 4. The van der Waals surface area contributed by atoms with Crippen molar-refractivity contribution in [3.05, 3.63) is 63.3 Å². The van der Waals surface area contributed by atoms with Gasteiger partial charge < -0.3 is 14.6 Å². The van der Waals surface area contributed by atoms with Gasteiger partial charge in [-0.05, 0) is 42.0 Å². The molecule has 2 aliphatic rings. The molecular weight excluding hydrogens is 371 g/mol. The number of amides is 1. The molecule has 132 valence electrons. The first kappa shape index (κ1) is 16.0. The SMILES string of the molecule is O=C(C1Cc2cc(Cl)ccc2O1)N1CCc2[nH]c3ccc(Cl)cc3c2C1. The van der Waals surface area contributed by atoms with Crippen molar-refractivity contribution in [2.24, 2.45) is 0 Å². The van der Waals surface area contributed by atoms with Crippen molar-refractivity contribution in [2.75, 3.05) is 6.54 Å². The molecule has 6 heteroatoms. The number of H-pyrrole nitrogens is 1. The van der Waals surface area contributed by atoms with Crippen molar-refractivity contribution in [3.8, 4) is 5.75 Å². The van der Waals surface area contributed by atoms with Crippen molar-refractivity contribution >= 4 is 40.0 Å². The van der Waals surface area contributed by atoms with E-state index in [1.807, 2.05) is 35.2 Å². The molecule has 0 saturated heterocycles. The normalized spacial score (nSPS) is 18.5. The third-order valence-corrected chi connectivity index (χ3v) is 5.69. The van der Waals surface area contributed by atoms with Crippen molar-refractivity contribution < 1.29 is 9.53 Å². The Morgan fingerprint density at radius 2 is 1.96 bits per heavy atom. The predicted octanol–water partition coefficient (Wildman–Crippen LogP) is 4.36. The summed E-state index contributed by atoms with van der Waals surface area (Å²) < 4.78 is 5.87. The smallest absolute Gasteiger partial charge is 0.264 e. The third-order valence-electron chi connectivity index (χ3n) is 5.22. The van der Waals surface area contributed by atoms with Crippen LogP contribution in [0.15, 0.2) is 36.4 Å². The summed E-state index contributed by atoms with van der Waals surface area (Å²) in [7, 11) is 0. The lowest BCUT2D eigenvalue weighted by Gasteiger charge is -2.29. The molecule has 2 aliphatic heterocycles. The summed E-state index contributed by atoms with van der Waals surface area (Å²) in [5.41, 5.74) is 4.40. The minimum atomic E-state index is -0.473. The molecule has 1 amide bonds. The molecule has 1 atom stereocenters. The largest absolute Gasteiger partial charge is 0.480 e. The molecule has 26 heavy (non-hydrogen) atoms. The van der Waals surface area contributed by atoms with E-state index >= 15 is 0 Å². The monoisotopic (exact) mass is 386 g/mol. The fourth-order valence-electron chi connectivity index (χ4n) is 3.93. The highest BCUT2D eigenvalue weighted by atomic mass is 35.5. The minimum absolute atomic E-state index is 0.0272. The Morgan fingerprint density at radius 1 is 1.15 bits per heavy atom. The van der Waals surface area contributed by atoms with Crippen LogP contribution in [0.5, 0.6) is 5.75 Å². The van der Waals surface area contributed by atoms with Crippen LogP contribution in [-0.2, 0) is 24.2 Å². The number of carbonyl (C=O) groups is 1. The number of nitrogens with one attached hydrogen (secondary N) is 1. The number of ether oxygens (including phenoxy) is 1. The average Bonchev–Trinajstić information content (AvgIpc) is 3.21. The molecule has 1 N–H and O–H groups in total. The van der Waals surface area contributed by atoms with E-state index in [-0.39, 0.29) is 5.91 Å². The Hall–Kier alpha value is -2.17. The van der Waals surface area contributed by atoms with E-state index in [1.54, 1.807) is 6.07 Å². The van der Waals surface area contributed by atoms with Crippen LogP contribution < -0.4 is 4.74 Å². The average molecular weight is 387 g/mol. The summed E-state index contributed by atoms with van der Waals surface area (Å²) in [5, 5.41) is 2.46. The van der Waals surface area contributed by atoms with Gasteiger partial charge in [-0.3, -0.25) is 4.79 Å². The van der Waals surface area contributed by atoms with E-state index in [2.05, 4.69) is 4.98 Å². The first-order valence-electron chi connectivity index (χ1n) is 8.61. The topological polar surface area (TPSA) is 45.3 Å². The lowest BCUT2D eigenvalue weighted by atomic mass is 10.0. The molecule has 1 aromatic heterocycles. The van der Waals surface area contributed by atoms with Crippen molar-refractivity contribution in [1.82, 2.24) is 9.88 Å². The summed E-state index contributed by atoms with van der Waals surface area (Å²) in [6.45, 7) is 1.26. The molecule has 3 aromatic rings. The molecule has 0 spiro atoms. The van der Waals surface area contributed by atoms with Crippen molar-refractivity contribution in [2.45, 2.75) is 25.5 Å². The van der Waals surface area contributed by atoms with Gasteiger partial charge in [0, 0.05) is 58.1 Å². The van der Waals surface area contributed by atoms with Gasteiger partial charge >= 0.3 is 0 Å². The molecular formula is C20H16Cl2N2O2. The van der Waals surface area contributed by atoms with Gasteiger partial charge in [-0.1, -0.05) is 23.2 Å². The molecule has 1 unspecified atom stereocenters. The maximum Gasteiger partial charge on any atom is 0.264 e. The second kappa shape index (κ2) is 5.93. The van der Waals surface area contributed by atoms with E-state index in [0.29, 0.717) is 29.6 Å². The molecule has 0 radical (unpaired) electrons. The Balaban J connectivity index is 1.40. The van der Waals surface area contributed by atoms with Gasteiger partial charge in [-0.2, -0.15) is 0 Å². The number of carbonyl (C=O) groups excluding carboxylic acids is 1. The summed E-state index contributed by atoms with van der Waals surface area (Å²) >= 11 is 12.2. The summed E-state index contributed by atoms with van der Waals surface area (Å²) in [5.74, 6) is 0.781. The van der Waals surface area contributed by atoms with Crippen molar-refractivity contribution in [1.29, 1.82) is 0 Å². The van der Waals surface area contributed by atoms with Crippen LogP contribution in [0.3, 0.4) is 0 Å². The first-order chi connectivity index (χ1) is 12.6. The van der Waals surface area contributed by atoms with Gasteiger partial charge in [0.05, 0.1) is 0 Å². The summed E-state index contributed by atoms with van der Waals surface area (Å²) in [6.07, 6.45) is 0.898.